The molecule has 0 aromatic heterocycles. The standard InChI is InChI=1S/C19H25N3O4/c1-25-17-8-3-2-6-15(17)7-4-10-21-12-9-20-19(24)16(21)14-18(23)22-11-5-13-26-22/h2-4,6-8,16H,5,9-14H2,1H3,(H,20,24)/b7-4+/t16-/m1/s1. The van der Waals surface area contributed by atoms with Crippen LogP contribution >= 0.6 is 0 Å². The van der Waals surface area contributed by atoms with E-state index in [1.54, 1.807) is 7.11 Å². The van der Waals surface area contributed by atoms with Gasteiger partial charge in [-0.3, -0.25) is 19.3 Å². The minimum atomic E-state index is -0.470. The third kappa shape index (κ3) is 4.42. The van der Waals surface area contributed by atoms with Crippen molar-refractivity contribution in [1.29, 1.82) is 0 Å². The normalized spacial score (nSPS) is 21.2. The molecule has 0 bridgehead atoms. The minimum absolute atomic E-state index is 0.102. The lowest BCUT2D eigenvalue weighted by atomic mass is 10.1. The molecule has 140 valence electrons. The molecule has 2 aliphatic rings. The van der Waals surface area contributed by atoms with Crippen LogP contribution in [0.15, 0.2) is 30.3 Å². The van der Waals surface area contributed by atoms with Crippen molar-refractivity contribution in [3.05, 3.63) is 35.9 Å². The molecule has 1 aromatic carbocycles. The van der Waals surface area contributed by atoms with Crippen LogP contribution in [0.2, 0.25) is 0 Å². The Morgan fingerprint density at radius 3 is 3.00 bits per heavy atom. The number of hydroxylamine groups is 2. The van der Waals surface area contributed by atoms with Gasteiger partial charge in [0, 0.05) is 25.2 Å². The smallest absolute Gasteiger partial charge is 0.248 e. The van der Waals surface area contributed by atoms with Gasteiger partial charge in [0.15, 0.2) is 0 Å². The van der Waals surface area contributed by atoms with Crippen LogP contribution in [0.1, 0.15) is 18.4 Å². The highest BCUT2D eigenvalue weighted by molar-refractivity contribution is 5.88. The zero-order valence-electron chi connectivity index (χ0n) is 15.0. The average molecular weight is 359 g/mol. The second kappa shape index (κ2) is 8.82. The van der Waals surface area contributed by atoms with Gasteiger partial charge in [0.25, 0.3) is 0 Å². The van der Waals surface area contributed by atoms with Gasteiger partial charge in [0.1, 0.15) is 5.75 Å². The van der Waals surface area contributed by atoms with Gasteiger partial charge in [-0.15, -0.1) is 0 Å². The predicted octanol–water partition coefficient (Wildman–Crippen LogP) is 1.06. The lowest BCUT2D eigenvalue weighted by Crippen LogP contribution is -2.56. The van der Waals surface area contributed by atoms with E-state index in [0.29, 0.717) is 32.8 Å². The molecule has 2 saturated heterocycles. The number of nitrogens with one attached hydrogen (secondary N) is 1. The molecule has 1 aromatic rings. The molecule has 7 nitrogen and oxygen atoms in total. The summed E-state index contributed by atoms with van der Waals surface area (Å²) in [5, 5.41) is 4.23. The van der Waals surface area contributed by atoms with Gasteiger partial charge in [0.2, 0.25) is 11.8 Å². The van der Waals surface area contributed by atoms with Gasteiger partial charge in [-0.1, -0.05) is 30.4 Å². The molecule has 1 atom stereocenters. The average Bonchev–Trinajstić information content (AvgIpc) is 3.19. The Balaban J connectivity index is 1.63. The maximum absolute atomic E-state index is 12.3. The van der Waals surface area contributed by atoms with Gasteiger partial charge in [0.05, 0.1) is 32.7 Å². The SMILES string of the molecule is COc1ccccc1/C=C/CN1CCNC(=O)[C@H]1CC(=O)N1CCCO1. The number of benzene rings is 1. The summed E-state index contributed by atoms with van der Waals surface area (Å²) in [6, 6.07) is 7.29. The predicted molar refractivity (Wildman–Crippen MR) is 97.3 cm³/mol. The number of carbonyl (C=O) groups excluding carboxylic acids is 2. The fourth-order valence-electron chi connectivity index (χ4n) is 3.23. The van der Waals surface area contributed by atoms with Gasteiger partial charge >= 0.3 is 0 Å². The van der Waals surface area contributed by atoms with E-state index < -0.39 is 6.04 Å². The minimum Gasteiger partial charge on any atom is -0.496 e. The Bertz CT molecular complexity index is 671. The van der Waals surface area contributed by atoms with E-state index in [2.05, 4.69) is 5.32 Å². The van der Waals surface area contributed by atoms with Gasteiger partial charge in [-0.05, 0) is 12.5 Å². The van der Waals surface area contributed by atoms with Crippen LogP contribution in [-0.2, 0) is 14.4 Å². The number of ether oxygens (including phenoxy) is 1. The van der Waals surface area contributed by atoms with Crippen molar-refractivity contribution in [3.63, 3.8) is 0 Å². The molecule has 2 fully saturated rings. The third-order valence-electron chi connectivity index (χ3n) is 4.62. The molecule has 0 saturated carbocycles. The molecule has 1 N–H and O–H groups in total. The summed E-state index contributed by atoms with van der Waals surface area (Å²) in [6.45, 7) is 3.05. The lowest BCUT2D eigenvalue weighted by molar-refractivity contribution is -0.171. The van der Waals surface area contributed by atoms with E-state index in [9.17, 15) is 9.59 Å². The molecular formula is C19H25N3O4. The highest BCUT2D eigenvalue weighted by Gasteiger charge is 2.33. The summed E-state index contributed by atoms with van der Waals surface area (Å²) in [6.07, 6.45) is 4.95. The van der Waals surface area contributed by atoms with Crippen molar-refractivity contribution in [1.82, 2.24) is 15.3 Å². The van der Waals surface area contributed by atoms with Gasteiger partial charge in [-0.25, -0.2) is 5.06 Å². The van der Waals surface area contributed by atoms with Crippen molar-refractivity contribution < 1.29 is 19.2 Å². The first kappa shape index (κ1) is 18.4. The molecule has 2 amide bonds. The molecule has 0 spiro atoms. The molecule has 3 rings (SSSR count). The van der Waals surface area contributed by atoms with Crippen molar-refractivity contribution in [2.45, 2.75) is 18.9 Å². The molecule has 7 heteroatoms. The molecular weight excluding hydrogens is 334 g/mol. The fraction of sp³-hybridized carbons (Fsp3) is 0.474. The summed E-state index contributed by atoms with van der Waals surface area (Å²) < 4.78 is 5.34. The summed E-state index contributed by atoms with van der Waals surface area (Å²) in [5.41, 5.74) is 0.981. The van der Waals surface area contributed by atoms with Crippen molar-refractivity contribution in [2.75, 3.05) is 39.9 Å². The molecule has 2 heterocycles. The topological polar surface area (TPSA) is 71.1 Å². The van der Waals surface area contributed by atoms with Crippen molar-refractivity contribution in [2.24, 2.45) is 0 Å². The Hall–Kier alpha value is -2.38. The van der Waals surface area contributed by atoms with Crippen molar-refractivity contribution >= 4 is 17.9 Å². The summed E-state index contributed by atoms with van der Waals surface area (Å²) in [4.78, 5) is 31.9. The molecule has 0 aliphatic carbocycles. The molecule has 0 radical (unpaired) electrons. The largest absolute Gasteiger partial charge is 0.496 e. The number of amides is 2. The number of hydrogen-bond donors (Lipinski definition) is 1. The Morgan fingerprint density at radius 1 is 1.38 bits per heavy atom. The summed E-state index contributed by atoms with van der Waals surface area (Å²) >= 11 is 0. The number of hydrogen-bond acceptors (Lipinski definition) is 5. The summed E-state index contributed by atoms with van der Waals surface area (Å²) in [5.74, 6) is 0.566. The van der Waals surface area contributed by atoms with Crippen LogP contribution in [0.5, 0.6) is 5.75 Å². The second-order valence-corrected chi connectivity index (χ2v) is 6.33. The van der Waals surface area contributed by atoms with E-state index in [-0.39, 0.29) is 18.2 Å². The number of rotatable bonds is 6. The number of methoxy groups -OCH3 is 1. The van der Waals surface area contributed by atoms with E-state index in [1.807, 2.05) is 41.3 Å². The fourth-order valence-corrected chi connectivity index (χ4v) is 3.23. The highest BCUT2D eigenvalue weighted by Crippen LogP contribution is 2.19. The lowest BCUT2D eigenvalue weighted by Gasteiger charge is -2.34. The second-order valence-electron chi connectivity index (χ2n) is 6.33. The van der Waals surface area contributed by atoms with Crippen molar-refractivity contribution in [3.8, 4) is 5.75 Å². The van der Waals surface area contributed by atoms with E-state index in [1.165, 1.54) is 5.06 Å². The van der Waals surface area contributed by atoms with E-state index in [0.717, 1.165) is 17.7 Å². The molecule has 0 unspecified atom stereocenters. The number of nitrogens with zero attached hydrogens (tertiary/aromatic N) is 2. The monoisotopic (exact) mass is 359 g/mol. The first-order valence-electron chi connectivity index (χ1n) is 8.93. The zero-order chi connectivity index (χ0) is 18.4. The zero-order valence-corrected chi connectivity index (χ0v) is 15.0. The van der Waals surface area contributed by atoms with E-state index >= 15 is 0 Å². The maximum Gasteiger partial charge on any atom is 0.248 e. The molecule has 26 heavy (non-hydrogen) atoms. The van der Waals surface area contributed by atoms with Gasteiger partial charge < -0.3 is 10.1 Å². The van der Waals surface area contributed by atoms with Gasteiger partial charge in [-0.2, -0.15) is 0 Å². The maximum atomic E-state index is 12.3. The quantitative estimate of drug-likeness (QED) is 0.823. The molecule has 2 aliphatic heterocycles. The third-order valence-corrected chi connectivity index (χ3v) is 4.62. The van der Waals surface area contributed by atoms with Crippen LogP contribution < -0.4 is 10.1 Å². The van der Waals surface area contributed by atoms with Crippen LogP contribution in [0.25, 0.3) is 6.08 Å². The number of piperazine rings is 1. The summed E-state index contributed by atoms with van der Waals surface area (Å²) in [7, 11) is 1.64. The Kier molecular flexibility index (Phi) is 6.25. The first-order valence-corrected chi connectivity index (χ1v) is 8.93. The van der Waals surface area contributed by atoms with Crippen LogP contribution in [0.3, 0.4) is 0 Å². The first-order chi connectivity index (χ1) is 12.7. The Labute approximate surface area is 153 Å². The van der Waals surface area contributed by atoms with Crippen LogP contribution in [0, 0.1) is 0 Å². The highest BCUT2D eigenvalue weighted by atomic mass is 16.7. The van der Waals surface area contributed by atoms with Crippen LogP contribution in [-0.4, -0.2) is 67.7 Å². The number of carbonyl (C=O) groups is 2. The number of para-hydroxylation sites is 1. The van der Waals surface area contributed by atoms with E-state index in [4.69, 9.17) is 9.57 Å². The Morgan fingerprint density at radius 2 is 2.23 bits per heavy atom. The van der Waals surface area contributed by atoms with Crippen LogP contribution in [0.4, 0.5) is 0 Å².